The van der Waals surface area contributed by atoms with E-state index < -0.39 is 10.0 Å². The van der Waals surface area contributed by atoms with Crippen LogP contribution in [0.4, 0.5) is 5.69 Å². The van der Waals surface area contributed by atoms with E-state index in [2.05, 4.69) is 0 Å². The fraction of sp³-hybridized carbons (Fsp3) is 0.500. The van der Waals surface area contributed by atoms with Gasteiger partial charge in [0.25, 0.3) is 5.91 Å². The summed E-state index contributed by atoms with van der Waals surface area (Å²) < 4.78 is 24.3. The highest BCUT2D eigenvalue weighted by Crippen LogP contribution is 2.15. The van der Waals surface area contributed by atoms with Gasteiger partial charge in [0.2, 0.25) is 10.0 Å². The van der Waals surface area contributed by atoms with Gasteiger partial charge in [-0.3, -0.25) is 4.79 Å². The van der Waals surface area contributed by atoms with Gasteiger partial charge in [-0.05, 0) is 24.3 Å². The molecule has 1 aliphatic heterocycles. The highest BCUT2D eigenvalue weighted by atomic mass is 32.2. The second-order valence-corrected chi connectivity index (χ2v) is 7.38. The number of benzene rings is 1. The van der Waals surface area contributed by atoms with Crippen LogP contribution in [0.5, 0.6) is 0 Å². The molecule has 0 spiro atoms. The Balaban J connectivity index is 2.02. The second kappa shape index (κ2) is 6.03. The number of rotatable bonds is 3. The first-order valence-electron chi connectivity index (χ1n) is 6.81. The van der Waals surface area contributed by atoms with Crippen molar-refractivity contribution in [3.05, 3.63) is 29.8 Å². The van der Waals surface area contributed by atoms with Crippen molar-refractivity contribution in [1.82, 2.24) is 9.21 Å². The molecule has 0 aromatic heterocycles. The van der Waals surface area contributed by atoms with E-state index in [9.17, 15) is 13.2 Å². The molecule has 0 aliphatic carbocycles. The van der Waals surface area contributed by atoms with Crippen molar-refractivity contribution in [2.45, 2.75) is 0 Å². The molecule has 1 amide bonds. The Bertz CT molecular complexity index is 603. The molecule has 0 atom stereocenters. The van der Waals surface area contributed by atoms with Crippen molar-refractivity contribution in [3.63, 3.8) is 0 Å². The van der Waals surface area contributed by atoms with E-state index in [0.29, 0.717) is 31.7 Å². The van der Waals surface area contributed by atoms with Gasteiger partial charge in [-0.1, -0.05) is 0 Å². The van der Waals surface area contributed by atoms with Crippen molar-refractivity contribution in [1.29, 1.82) is 0 Å². The second-order valence-electron chi connectivity index (χ2n) is 5.40. The standard InChI is InChI=1S/C14H21N3O3S/c1-15(2)13-6-4-12(5-7-13)14(18)16-8-10-17(11-9-16)21(3,19)20/h4-7H,8-11H2,1-3H3. The molecule has 1 heterocycles. The smallest absolute Gasteiger partial charge is 0.253 e. The average molecular weight is 311 g/mol. The van der Waals surface area contributed by atoms with E-state index in [1.807, 2.05) is 31.1 Å². The van der Waals surface area contributed by atoms with E-state index >= 15 is 0 Å². The Morgan fingerprint density at radius 3 is 2.00 bits per heavy atom. The molecule has 1 fully saturated rings. The summed E-state index contributed by atoms with van der Waals surface area (Å²) in [4.78, 5) is 16.1. The van der Waals surface area contributed by atoms with Crippen LogP contribution in [-0.4, -0.2) is 70.1 Å². The molecule has 1 aliphatic rings. The first kappa shape index (κ1) is 15.8. The Kier molecular flexibility index (Phi) is 4.53. The van der Waals surface area contributed by atoms with Gasteiger partial charge >= 0.3 is 0 Å². The summed E-state index contributed by atoms with van der Waals surface area (Å²) >= 11 is 0. The summed E-state index contributed by atoms with van der Waals surface area (Å²) in [5, 5.41) is 0. The van der Waals surface area contributed by atoms with Gasteiger partial charge in [0.1, 0.15) is 0 Å². The third-order valence-electron chi connectivity index (χ3n) is 3.63. The number of hydrogen-bond acceptors (Lipinski definition) is 4. The van der Waals surface area contributed by atoms with Crippen LogP contribution in [0.1, 0.15) is 10.4 Å². The summed E-state index contributed by atoms with van der Waals surface area (Å²) in [6, 6.07) is 7.42. The van der Waals surface area contributed by atoms with Gasteiger partial charge in [0.05, 0.1) is 6.26 Å². The van der Waals surface area contributed by atoms with Crippen LogP contribution >= 0.6 is 0 Å². The lowest BCUT2D eigenvalue weighted by molar-refractivity contribution is 0.0698. The van der Waals surface area contributed by atoms with Crippen molar-refractivity contribution in [2.75, 3.05) is 51.4 Å². The maximum atomic E-state index is 12.4. The van der Waals surface area contributed by atoms with E-state index in [4.69, 9.17) is 0 Å². The summed E-state index contributed by atoms with van der Waals surface area (Å²) in [5.41, 5.74) is 1.67. The predicted octanol–water partition coefficient (Wildman–Crippen LogP) is 0.470. The highest BCUT2D eigenvalue weighted by Gasteiger charge is 2.26. The van der Waals surface area contributed by atoms with Gasteiger partial charge < -0.3 is 9.80 Å². The Hall–Kier alpha value is -1.60. The van der Waals surface area contributed by atoms with Crippen molar-refractivity contribution < 1.29 is 13.2 Å². The zero-order valence-corrected chi connectivity index (χ0v) is 13.4. The molecule has 0 N–H and O–H groups in total. The molecular formula is C14H21N3O3S. The molecule has 1 saturated heterocycles. The third kappa shape index (κ3) is 3.74. The molecule has 0 radical (unpaired) electrons. The van der Waals surface area contributed by atoms with Crippen LogP contribution in [0.15, 0.2) is 24.3 Å². The molecule has 116 valence electrons. The maximum absolute atomic E-state index is 12.4. The molecule has 21 heavy (non-hydrogen) atoms. The number of anilines is 1. The lowest BCUT2D eigenvalue weighted by Crippen LogP contribution is -2.50. The van der Waals surface area contributed by atoms with Gasteiger partial charge in [-0.25, -0.2) is 8.42 Å². The Morgan fingerprint density at radius 2 is 1.57 bits per heavy atom. The molecule has 1 aromatic rings. The highest BCUT2D eigenvalue weighted by molar-refractivity contribution is 7.88. The minimum absolute atomic E-state index is 0.0477. The fourth-order valence-electron chi connectivity index (χ4n) is 2.31. The van der Waals surface area contributed by atoms with Gasteiger partial charge in [0.15, 0.2) is 0 Å². The van der Waals surface area contributed by atoms with Gasteiger partial charge in [-0.15, -0.1) is 0 Å². The topological polar surface area (TPSA) is 60.9 Å². The van der Waals surface area contributed by atoms with Gasteiger partial charge in [-0.2, -0.15) is 4.31 Å². The van der Waals surface area contributed by atoms with E-state index in [0.717, 1.165) is 5.69 Å². The molecule has 0 saturated carbocycles. The number of hydrogen-bond donors (Lipinski definition) is 0. The van der Waals surface area contributed by atoms with Crippen LogP contribution in [0.25, 0.3) is 0 Å². The van der Waals surface area contributed by atoms with Gasteiger partial charge in [0, 0.05) is 51.5 Å². The largest absolute Gasteiger partial charge is 0.378 e. The summed E-state index contributed by atoms with van der Waals surface area (Å²) in [6.45, 7) is 1.59. The molecule has 6 nitrogen and oxygen atoms in total. The summed E-state index contributed by atoms with van der Waals surface area (Å²) in [7, 11) is 0.726. The number of carbonyl (C=O) groups is 1. The Morgan fingerprint density at radius 1 is 1.05 bits per heavy atom. The minimum atomic E-state index is -3.16. The average Bonchev–Trinajstić information content (AvgIpc) is 2.46. The molecular weight excluding hydrogens is 290 g/mol. The number of piperazine rings is 1. The lowest BCUT2D eigenvalue weighted by Gasteiger charge is -2.33. The number of nitrogens with zero attached hydrogens (tertiary/aromatic N) is 3. The van der Waals surface area contributed by atoms with Crippen LogP contribution < -0.4 is 4.90 Å². The molecule has 2 rings (SSSR count). The summed E-state index contributed by atoms with van der Waals surface area (Å²) in [5.74, 6) is -0.0477. The zero-order valence-electron chi connectivity index (χ0n) is 12.6. The quantitative estimate of drug-likeness (QED) is 0.814. The predicted molar refractivity (Wildman–Crippen MR) is 83.1 cm³/mol. The normalized spacial score (nSPS) is 16.8. The number of sulfonamides is 1. The third-order valence-corrected chi connectivity index (χ3v) is 4.93. The molecule has 0 unspecified atom stereocenters. The Labute approximate surface area is 126 Å². The lowest BCUT2D eigenvalue weighted by atomic mass is 10.1. The molecule has 0 bridgehead atoms. The van der Waals surface area contributed by atoms with Crippen LogP contribution in [0, 0.1) is 0 Å². The number of amides is 1. The van der Waals surface area contributed by atoms with Crippen LogP contribution in [0.2, 0.25) is 0 Å². The van der Waals surface area contributed by atoms with Crippen LogP contribution in [-0.2, 0) is 10.0 Å². The minimum Gasteiger partial charge on any atom is -0.378 e. The molecule has 7 heteroatoms. The van der Waals surface area contributed by atoms with Crippen molar-refractivity contribution in [2.24, 2.45) is 0 Å². The fourth-order valence-corrected chi connectivity index (χ4v) is 3.13. The monoisotopic (exact) mass is 311 g/mol. The summed E-state index contributed by atoms with van der Waals surface area (Å²) in [6.07, 6.45) is 1.20. The number of carbonyl (C=O) groups excluding carboxylic acids is 1. The zero-order chi connectivity index (χ0) is 15.6. The van der Waals surface area contributed by atoms with Crippen molar-refractivity contribution >= 4 is 21.6 Å². The SMILES string of the molecule is CN(C)c1ccc(C(=O)N2CCN(S(C)(=O)=O)CC2)cc1. The maximum Gasteiger partial charge on any atom is 0.253 e. The van der Waals surface area contributed by atoms with Crippen LogP contribution in [0.3, 0.4) is 0 Å². The van der Waals surface area contributed by atoms with E-state index in [1.54, 1.807) is 17.0 Å². The first-order valence-corrected chi connectivity index (χ1v) is 8.65. The van der Waals surface area contributed by atoms with E-state index in [1.165, 1.54) is 10.6 Å². The molecule has 1 aromatic carbocycles. The van der Waals surface area contributed by atoms with Crippen molar-refractivity contribution in [3.8, 4) is 0 Å². The first-order chi connectivity index (χ1) is 9.79. The van der Waals surface area contributed by atoms with E-state index in [-0.39, 0.29) is 5.91 Å².